The Hall–Kier alpha value is -1.88. The maximum atomic E-state index is 6.15. The summed E-state index contributed by atoms with van der Waals surface area (Å²) in [6.07, 6.45) is 1.11. The van der Waals surface area contributed by atoms with E-state index in [0.717, 1.165) is 53.3 Å². The Balaban J connectivity index is 2.02. The minimum Gasteiger partial charge on any atom is -0.398 e. The number of anilines is 2. The Kier molecular flexibility index (Phi) is 2.98. The number of nitrogens with zero attached hydrogens (tertiary/aromatic N) is 2. The van der Waals surface area contributed by atoms with Crippen molar-refractivity contribution in [2.24, 2.45) is 0 Å². The van der Waals surface area contributed by atoms with Crippen molar-refractivity contribution >= 4 is 22.5 Å². The SMILES string of the molecule is Cc1cc(C)c2c(N)cc(NC3CCNC3)nc2n1. The normalized spacial score (nSPS) is 18.9. The third-order valence-corrected chi connectivity index (χ3v) is 3.55. The molecule has 100 valence electrons. The van der Waals surface area contributed by atoms with Crippen molar-refractivity contribution in [1.82, 2.24) is 15.3 Å². The predicted octanol–water partition coefficient (Wildman–Crippen LogP) is 1.60. The smallest absolute Gasteiger partial charge is 0.164 e. The third kappa shape index (κ3) is 2.33. The number of nitrogens with one attached hydrogen (secondary N) is 2. The van der Waals surface area contributed by atoms with Crippen LogP contribution in [0.4, 0.5) is 11.5 Å². The van der Waals surface area contributed by atoms with Crippen molar-refractivity contribution in [2.45, 2.75) is 26.3 Å². The molecule has 0 bridgehead atoms. The van der Waals surface area contributed by atoms with Gasteiger partial charge in [-0.05, 0) is 38.4 Å². The monoisotopic (exact) mass is 257 g/mol. The van der Waals surface area contributed by atoms with Crippen LogP contribution in [0, 0.1) is 13.8 Å². The molecule has 0 spiro atoms. The third-order valence-electron chi connectivity index (χ3n) is 3.55. The molecule has 5 heteroatoms. The van der Waals surface area contributed by atoms with Crippen molar-refractivity contribution < 1.29 is 0 Å². The van der Waals surface area contributed by atoms with E-state index in [4.69, 9.17) is 5.73 Å². The fraction of sp³-hybridized carbons (Fsp3) is 0.429. The lowest BCUT2D eigenvalue weighted by atomic mass is 10.1. The van der Waals surface area contributed by atoms with Crippen molar-refractivity contribution in [3.8, 4) is 0 Å². The summed E-state index contributed by atoms with van der Waals surface area (Å²) in [7, 11) is 0. The van der Waals surface area contributed by atoms with E-state index in [2.05, 4.69) is 20.6 Å². The average molecular weight is 257 g/mol. The maximum absolute atomic E-state index is 6.15. The van der Waals surface area contributed by atoms with Crippen LogP contribution in [0.25, 0.3) is 11.0 Å². The van der Waals surface area contributed by atoms with Gasteiger partial charge in [-0.2, -0.15) is 0 Å². The van der Waals surface area contributed by atoms with Gasteiger partial charge < -0.3 is 16.4 Å². The highest BCUT2D eigenvalue weighted by Gasteiger charge is 2.15. The highest BCUT2D eigenvalue weighted by atomic mass is 15.1. The second-order valence-corrected chi connectivity index (χ2v) is 5.21. The van der Waals surface area contributed by atoms with Gasteiger partial charge in [-0.15, -0.1) is 0 Å². The zero-order valence-electron chi connectivity index (χ0n) is 11.3. The van der Waals surface area contributed by atoms with E-state index in [-0.39, 0.29) is 0 Å². The van der Waals surface area contributed by atoms with E-state index >= 15 is 0 Å². The molecule has 1 saturated heterocycles. The summed E-state index contributed by atoms with van der Waals surface area (Å²) >= 11 is 0. The number of aromatic nitrogens is 2. The maximum Gasteiger partial charge on any atom is 0.164 e. The average Bonchev–Trinajstić information content (AvgIpc) is 2.79. The van der Waals surface area contributed by atoms with E-state index in [1.54, 1.807) is 0 Å². The molecule has 4 N–H and O–H groups in total. The second kappa shape index (κ2) is 4.66. The van der Waals surface area contributed by atoms with Crippen LogP contribution >= 0.6 is 0 Å². The summed E-state index contributed by atoms with van der Waals surface area (Å²) in [4.78, 5) is 9.08. The summed E-state index contributed by atoms with van der Waals surface area (Å²) in [6, 6.07) is 4.37. The van der Waals surface area contributed by atoms with Gasteiger partial charge in [0.05, 0.1) is 0 Å². The first kappa shape index (κ1) is 12.2. The number of pyridine rings is 2. The largest absolute Gasteiger partial charge is 0.398 e. The zero-order valence-corrected chi connectivity index (χ0v) is 11.3. The Labute approximate surface area is 112 Å². The van der Waals surface area contributed by atoms with Crippen LogP contribution < -0.4 is 16.4 Å². The Morgan fingerprint density at radius 2 is 2.16 bits per heavy atom. The van der Waals surface area contributed by atoms with Gasteiger partial charge in [-0.1, -0.05) is 0 Å². The number of nitrogen functional groups attached to an aromatic ring is 1. The fourth-order valence-electron chi connectivity index (χ4n) is 2.68. The van der Waals surface area contributed by atoms with Gasteiger partial charge in [-0.25, -0.2) is 9.97 Å². The lowest BCUT2D eigenvalue weighted by Gasteiger charge is -2.14. The number of aryl methyl sites for hydroxylation is 2. The molecule has 2 aromatic heterocycles. The predicted molar refractivity (Wildman–Crippen MR) is 78.3 cm³/mol. The molecule has 1 aliphatic heterocycles. The van der Waals surface area contributed by atoms with Gasteiger partial charge in [0.2, 0.25) is 0 Å². The molecule has 3 rings (SSSR count). The molecule has 2 aromatic rings. The van der Waals surface area contributed by atoms with Crippen LogP contribution in [-0.2, 0) is 0 Å². The zero-order chi connectivity index (χ0) is 13.4. The molecule has 5 nitrogen and oxygen atoms in total. The van der Waals surface area contributed by atoms with E-state index < -0.39 is 0 Å². The van der Waals surface area contributed by atoms with Crippen molar-refractivity contribution in [3.63, 3.8) is 0 Å². The first-order valence-electron chi connectivity index (χ1n) is 6.65. The molecule has 3 heterocycles. The summed E-state index contributed by atoms with van der Waals surface area (Å²) in [5.41, 5.74) is 9.71. The fourth-order valence-corrected chi connectivity index (χ4v) is 2.68. The molecule has 0 amide bonds. The quantitative estimate of drug-likeness (QED) is 0.762. The van der Waals surface area contributed by atoms with Crippen LogP contribution in [0.3, 0.4) is 0 Å². The molecule has 0 aliphatic carbocycles. The number of hydrogen-bond acceptors (Lipinski definition) is 5. The van der Waals surface area contributed by atoms with Gasteiger partial charge in [0, 0.05) is 35.4 Å². The van der Waals surface area contributed by atoms with Crippen LogP contribution in [0.5, 0.6) is 0 Å². The minimum atomic E-state index is 0.426. The van der Waals surface area contributed by atoms with E-state index in [1.807, 2.05) is 26.0 Å². The van der Waals surface area contributed by atoms with Crippen LogP contribution in [0.1, 0.15) is 17.7 Å². The van der Waals surface area contributed by atoms with Gasteiger partial charge in [0.15, 0.2) is 5.65 Å². The first-order chi connectivity index (χ1) is 9.13. The van der Waals surface area contributed by atoms with Crippen LogP contribution in [0.2, 0.25) is 0 Å². The molecular formula is C14H19N5. The van der Waals surface area contributed by atoms with Crippen LogP contribution in [0.15, 0.2) is 12.1 Å². The molecule has 0 saturated carbocycles. The summed E-state index contributed by atoms with van der Waals surface area (Å²) in [5, 5.41) is 7.70. The highest BCUT2D eigenvalue weighted by Crippen LogP contribution is 2.25. The molecule has 1 unspecified atom stereocenters. The number of rotatable bonds is 2. The number of fused-ring (bicyclic) bond motifs is 1. The first-order valence-corrected chi connectivity index (χ1v) is 6.65. The van der Waals surface area contributed by atoms with E-state index in [1.165, 1.54) is 0 Å². The minimum absolute atomic E-state index is 0.426. The van der Waals surface area contributed by atoms with Gasteiger partial charge >= 0.3 is 0 Å². The second-order valence-electron chi connectivity index (χ2n) is 5.21. The van der Waals surface area contributed by atoms with E-state index in [9.17, 15) is 0 Å². The molecule has 1 atom stereocenters. The lowest BCUT2D eigenvalue weighted by Crippen LogP contribution is -2.22. The summed E-state index contributed by atoms with van der Waals surface area (Å²) in [6.45, 7) is 6.05. The topological polar surface area (TPSA) is 75.9 Å². The Morgan fingerprint density at radius 3 is 2.89 bits per heavy atom. The highest BCUT2D eigenvalue weighted by molar-refractivity contribution is 5.92. The molecule has 19 heavy (non-hydrogen) atoms. The Bertz CT molecular complexity index is 617. The van der Waals surface area contributed by atoms with Crippen LogP contribution in [-0.4, -0.2) is 29.1 Å². The van der Waals surface area contributed by atoms with Crippen molar-refractivity contribution in [1.29, 1.82) is 0 Å². The van der Waals surface area contributed by atoms with Crippen molar-refractivity contribution in [3.05, 3.63) is 23.4 Å². The number of hydrogen-bond donors (Lipinski definition) is 3. The molecule has 1 aliphatic rings. The van der Waals surface area contributed by atoms with Gasteiger partial charge in [0.1, 0.15) is 5.82 Å². The standard InChI is InChI=1S/C14H19N5/c1-8-5-9(2)17-14-13(8)11(15)6-12(19-14)18-10-3-4-16-7-10/h5-6,10,16H,3-4,7H2,1-2H3,(H3,15,17,18,19). The summed E-state index contributed by atoms with van der Waals surface area (Å²) in [5.74, 6) is 0.816. The molecule has 1 fully saturated rings. The van der Waals surface area contributed by atoms with E-state index in [0.29, 0.717) is 6.04 Å². The molecular weight excluding hydrogens is 238 g/mol. The van der Waals surface area contributed by atoms with Gasteiger partial charge in [-0.3, -0.25) is 0 Å². The summed E-state index contributed by atoms with van der Waals surface area (Å²) < 4.78 is 0. The lowest BCUT2D eigenvalue weighted by molar-refractivity contribution is 0.788. The van der Waals surface area contributed by atoms with Crippen molar-refractivity contribution in [2.75, 3.05) is 24.1 Å². The molecule has 0 aromatic carbocycles. The molecule has 0 radical (unpaired) electrons. The van der Waals surface area contributed by atoms with Gasteiger partial charge in [0.25, 0.3) is 0 Å². The Morgan fingerprint density at radius 1 is 1.32 bits per heavy atom. The number of nitrogens with two attached hydrogens (primary N) is 1.